The summed E-state index contributed by atoms with van der Waals surface area (Å²) >= 11 is 3.80. The third kappa shape index (κ3) is 4.91. The first-order chi connectivity index (χ1) is 28.2. The minimum atomic E-state index is -0.388. The molecule has 1 spiro atoms. The maximum absolute atomic E-state index is 5.15. The number of nitrogens with zero attached hydrogens (tertiary/aromatic N) is 2. The van der Waals surface area contributed by atoms with Gasteiger partial charge in [0.15, 0.2) is 5.82 Å². The van der Waals surface area contributed by atoms with Gasteiger partial charge in [-0.1, -0.05) is 169 Å². The van der Waals surface area contributed by atoms with Crippen LogP contribution in [0.15, 0.2) is 204 Å². The lowest BCUT2D eigenvalue weighted by atomic mass is 9.67. The molecule has 0 N–H and O–H groups in total. The van der Waals surface area contributed by atoms with Crippen LogP contribution in [0.25, 0.3) is 76.3 Å². The molecular weight excluding hydrogens is 729 g/mol. The molecular formula is C53H32N2S2. The Morgan fingerprint density at radius 3 is 1.70 bits per heavy atom. The molecule has 4 heteroatoms. The van der Waals surface area contributed by atoms with Gasteiger partial charge in [-0.15, -0.1) is 11.3 Å². The van der Waals surface area contributed by atoms with Crippen LogP contribution in [-0.4, -0.2) is 9.97 Å². The van der Waals surface area contributed by atoms with Crippen molar-refractivity contribution in [2.45, 2.75) is 15.2 Å². The number of aromatic nitrogens is 2. The summed E-state index contributed by atoms with van der Waals surface area (Å²) < 4.78 is 2.61. The predicted molar refractivity (Wildman–Crippen MR) is 238 cm³/mol. The van der Waals surface area contributed by atoms with Crippen LogP contribution >= 0.6 is 23.1 Å². The second kappa shape index (κ2) is 12.7. The molecule has 12 rings (SSSR count). The van der Waals surface area contributed by atoms with Gasteiger partial charge in [0.05, 0.1) is 16.8 Å². The van der Waals surface area contributed by atoms with Gasteiger partial charge >= 0.3 is 0 Å². The molecule has 0 atom stereocenters. The van der Waals surface area contributed by atoms with Crippen molar-refractivity contribution >= 4 is 43.3 Å². The van der Waals surface area contributed by atoms with Gasteiger partial charge in [-0.25, -0.2) is 9.97 Å². The van der Waals surface area contributed by atoms with Crippen LogP contribution in [0.2, 0.25) is 0 Å². The van der Waals surface area contributed by atoms with Crippen molar-refractivity contribution in [1.29, 1.82) is 0 Å². The van der Waals surface area contributed by atoms with E-state index in [-0.39, 0.29) is 5.41 Å². The summed E-state index contributed by atoms with van der Waals surface area (Å²) in [5.41, 5.74) is 15.1. The van der Waals surface area contributed by atoms with E-state index in [1.54, 1.807) is 0 Å². The van der Waals surface area contributed by atoms with Crippen LogP contribution in [0.1, 0.15) is 22.3 Å². The van der Waals surface area contributed by atoms with Gasteiger partial charge in [0, 0.05) is 46.7 Å². The van der Waals surface area contributed by atoms with Gasteiger partial charge in [0.1, 0.15) is 0 Å². The molecule has 0 saturated carbocycles. The third-order valence-corrected chi connectivity index (χ3v) is 14.1. The molecule has 0 fully saturated rings. The molecule has 3 heterocycles. The first-order valence-corrected chi connectivity index (χ1v) is 20.9. The quantitative estimate of drug-likeness (QED) is 0.179. The molecule has 2 aromatic heterocycles. The predicted octanol–water partition coefficient (Wildman–Crippen LogP) is 14.3. The SMILES string of the molecule is c1ccc(-c2cc(-c3cccc(-c4cccc5c4sc4cc6c(cc45)-c4ccccc4C64c5ccccc5Sc5ccccc54)c3)nc(-c3ccccc3)n2)cc1. The molecule has 0 unspecified atom stereocenters. The van der Waals surface area contributed by atoms with Crippen LogP contribution in [-0.2, 0) is 5.41 Å². The van der Waals surface area contributed by atoms with Gasteiger partial charge in [-0.2, -0.15) is 0 Å². The smallest absolute Gasteiger partial charge is 0.160 e. The summed E-state index contributed by atoms with van der Waals surface area (Å²) in [6.07, 6.45) is 0. The average Bonchev–Trinajstić information content (AvgIpc) is 3.79. The highest BCUT2D eigenvalue weighted by molar-refractivity contribution is 7.99. The molecule has 57 heavy (non-hydrogen) atoms. The highest BCUT2D eigenvalue weighted by atomic mass is 32.2. The molecule has 10 aromatic rings. The average molecular weight is 761 g/mol. The van der Waals surface area contributed by atoms with Crippen molar-refractivity contribution in [3.63, 3.8) is 0 Å². The second-order valence-electron chi connectivity index (χ2n) is 14.8. The van der Waals surface area contributed by atoms with Crippen molar-refractivity contribution in [2.24, 2.45) is 0 Å². The number of hydrogen-bond donors (Lipinski definition) is 0. The monoisotopic (exact) mass is 760 g/mol. The first kappa shape index (κ1) is 32.6. The van der Waals surface area contributed by atoms with Crippen LogP contribution in [0.4, 0.5) is 0 Å². The van der Waals surface area contributed by atoms with E-state index in [0.29, 0.717) is 0 Å². The molecule has 0 saturated heterocycles. The molecule has 2 aliphatic rings. The summed E-state index contributed by atoms with van der Waals surface area (Å²) in [6, 6.07) is 70.6. The zero-order valence-electron chi connectivity index (χ0n) is 30.7. The largest absolute Gasteiger partial charge is 0.228 e. The Kier molecular flexibility index (Phi) is 7.28. The van der Waals surface area contributed by atoms with Crippen LogP contribution in [0.5, 0.6) is 0 Å². The Balaban J connectivity index is 1.05. The number of hydrogen-bond acceptors (Lipinski definition) is 4. The second-order valence-corrected chi connectivity index (χ2v) is 17.0. The minimum absolute atomic E-state index is 0.388. The molecule has 266 valence electrons. The van der Waals surface area contributed by atoms with Gasteiger partial charge < -0.3 is 0 Å². The summed E-state index contributed by atoms with van der Waals surface area (Å²) in [4.78, 5) is 12.8. The maximum Gasteiger partial charge on any atom is 0.160 e. The van der Waals surface area contributed by atoms with E-state index in [4.69, 9.17) is 9.97 Å². The normalized spacial score (nSPS) is 13.3. The van der Waals surface area contributed by atoms with E-state index in [0.717, 1.165) is 33.9 Å². The molecule has 0 radical (unpaired) electrons. The zero-order chi connectivity index (χ0) is 37.5. The Morgan fingerprint density at radius 2 is 0.947 bits per heavy atom. The van der Waals surface area contributed by atoms with E-state index in [2.05, 4.69) is 170 Å². The fourth-order valence-corrected chi connectivity index (χ4v) is 11.7. The van der Waals surface area contributed by atoms with E-state index in [1.165, 1.54) is 74.5 Å². The van der Waals surface area contributed by atoms with Gasteiger partial charge in [-0.05, 0) is 80.9 Å². The highest BCUT2D eigenvalue weighted by Crippen LogP contribution is 2.63. The number of rotatable bonds is 4. The van der Waals surface area contributed by atoms with Crippen molar-refractivity contribution < 1.29 is 0 Å². The lowest BCUT2D eigenvalue weighted by molar-refractivity contribution is 0.723. The van der Waals surface area contributed by atoms with Gasteiger partial charge in [0.25, 0.3) is 0 Å². The standard InChI is InChI=1S/C53H32N2S2/c1-3-15-33(16-4-1)46-32-47(55-52(54-46)34-17-5-2-6-18-34)36-20-13-19-35(29-36)37-22-14-23-39-41-30-40-38-21-7-8-24-42(38)53(45(40)31-50(41)57-51(37)39)43-25-9-11-27-48(43)56-49-28-12-10-26-44(49)53/h1-32H. The summed E-state index contributed by atoms with van der Waals surface area (Å²) in [6.45, 7) is 0. The Labute approximate surface area is 339 Å². The van der Waals surface area contributed by atoms with Crippen molar-refractivity contribution in [2.75, 3.05) is 0 Å². The van der Waals surface area contributed by atoms with E-state index >= 15 is 0 Å². The Bertz CT molecular complexity index is 3120. The van der Waals surface area contributed by atoms with Gasteiger partial charge in [0.2, 0.25) is 0 Å². The van der Waals surface area contributed by atoms with Crippen molar-refractivity contribution in [3.05, 3.63) is 216 Å². The third-order valence-electron chi connectivity index (χ3n) is 11.8. The zero-order valence-corrected chi connectivity index (χ0v) is 32.3. The minimum Gasteiger partial charge on any atom is -0.228 e. The molecule has 0 amide bonds. The molecule has 1 aliphatic heterocycles. The highest BCUT2D eigenvalue weighted by Gasteiger charge is 2.50. The van der Waals surface area contributed by atoms with Crippen LogP contribution < -0.4 is 0 Å². The van der Waals surface area contributed by atoms with Gasteiger partial charge in [-0.3, -0.25) is 0 Å². The summed E-state index contributed by atoms with van der Waals surface area (Å²) in [5, 5.41) is 2.60. The molecule has 8 aromatic carbocycles. The number of thiophene rings is 1. The molecule has 2 nitrogen and oxygen atoms in total. The summed E-state index contributed by atoms with van der Waals surface area (Å²) in [7, 11) is 0. The van der Waals surface area contributed by atoms with Crippen molar-refractivity contribution in [1.82, 2.24) is 9.97 Å². The topological polar surface area (TPSA) is 25.8 Å². The first-order valence-electron chi connectivity index (χ1n) is 19.3. The number of benzene rings is 8. The van der Waals surface area contributed by atoms with Crippen molar-refractivity contribution in [3.8, 4) is 56.2 Å². The number of fused-ring (bicyclic) bond motifs is 12. The van der Waals surface area contributed by atoms with E-state index in [9.17, 15) is 0 Å². The lowest BCUT2D eigenvalue weighted by Gasteiger charge is -2.39. The molecule has 1 aliphatic carbocycles. The lowest BCUT2D eigenvalue weighted by Crippen LogP contribution is -2.31. The van der Waals surface area contributed by atoms with Crippen LogP contribution in [0.3, 0.4) is 0 Å². The molecule has 0 bridgehead atoms. The van der Waals surface area contributed by atoms with Crippen LogP contribution in [0, 0.1) is 0 Å². The Morgan fingerprint density at radius 1 is 0.368 bits per heavy atom. The van der Waals surface area contributed by atoms with E-state index < -0.39 is 0 Å². The fourth-order valence-electron chi connectivity index (χ4n) is 9.28. The summed E-state index contributed by atoms with van der Waals surface area (Å²) in [5.74, 6) is 0.721. The Hall–Kier alpha value is -6.59. The fraction of sp³-hybridized carbons (Fsp3) is 0.0189. The van der Waals surface area contributed by atoms with E-state index in [1.807, 2.05) is 47.4 Å². The maximum atomic E-state index is 5.15.